The van der Waals surface area contributed by atoms with Gasteiger partial charge in [-0.15, -0.1) is 0 Å². The van der Waals surface area contributed by atoms with Crippen molar-refractivity contribution in [1.82, 2.24) is 0 Å². The van der Waals surface area contributed by atoms with Crippen LogP contribution in [0.5, 0.6) is 0 Å². The molecule has 0 bridgehead atoms. The van der Waals surface area contributed by atoms with Crippen molar-refractivity contribution >= 4 is 8.32 Å². The van der Waals surface area contributed by atoms with E-state index in [1.165, 1.54) is 64.2 Å². The Labute approximate surface area is 214 Å². The predicted octanol–water partition coefficient (Wildman–Crippen LogP) is 9.74. The minimum atomic E-state index is -1.45. The molecule has 196 valence electrons. The van der Waals surface area contributed by atoms with Gasteiger partial charge < -0.3 is 4.43 Å². The lowest BCUT2D eigenvalue weighted by molar-refractivity contribution is -0.0793. The van der Waals surface area contributed by atoms with Gasteiger partial charge in [0.25, 0.3) is 0 Å². The van der Waals surface area contributed by atoms with Crippen LogP contribution in [0.4, 0.5) is 0 Å². The maximum Gasteiger partial charge on any atom is 0.184 e. The third kappa shape index (κ3) is 5.03. The highest BCUT2D eigenvalue weighted by atomic mass is 28.4. The molecule has 10 atom stereocenters. The third-order valence-corrected chi connectivity index (χ3v) is 12.9. The van der Waals surface area contributed by atoms with E-state index < -0.39 is 8.32 Å². The average Bonchev–Trinajstić information content (AvgIpc) is 3.10. The van der Waals surface area contributed by atoms with Gasteiger partial charge in [0, 0.05) is 6.10 Å². The number of hydrogen-bond acceptors (Lipinski definition) is 1. The second-order valence-electron chi connectivity index (χ2n) is 15.1. The zero-order chi connectivity index (χ0) is 24.9. The van der Waals surface area contributed by atoms with Crippen LogP contribution in [0.1, 0.15) is 106 Å². The van der Waals surface area contributed by atoms with Gasteiger partial charge in [-0.1, -0.05) is 66.5 Å². The Bertz CT molecular complexity index is 721. The first-order chi connectivity index (χ1) is 15.9. The minimum absolute atomic E-state index is 0.509. The van der Waals surface area contributed by atoms with Gasteiger partial charge in [0.1, 0.15) is 0 Å². The van der Waals surface area contributed by atoms with Crippen molar-refractivity contribution < 1.29 is 4.43 Å². The van der Waals surface area contributed by atoms with Gasteiger partial charge >= 0.3 is 0 Å². The molecule has 0 aromatic heterocycles. The van der Waals surface area contributed by atoms with E-state index in [1.807, 2.05) is 0 Å². The Morgan fingerprint density at radius 3 is 2.21 bits per heavy atom. The summed E-state index contributed by atoms with van der Waals surface area (Å²) in [6.45, 7) is 22.4. The summed E-state index contributed by atoms with van der Waals surface area (Å²) in [7, 11) is -1.45. The van der Waals surface area contributed by atoms with Gasteiger partial charge in [-0.2, -0.15) is 0 Å². The summed E-state index contributed by atoms with van der Waals surface area (Å²) in [4.78, 5) is 0. The lowest BCUT2D eigenvalue weighted by atomic mass is 9.46. The van der Waals surface area contributed by atoms with Gasteiger partial charge in [-0.25, -0.2) is 0 Å². The Hall–Kier alpha value is -0.0831. The van der Waals surface area contributed by atoms with Crippen molar-refractivity contribution in [2.45, 2.75) is 131 Å². The van der Waals surface area contributed by atoms with Crippen LogP contribution in [0, 0.1) is 58.2 Å². The summed E-state index contributed by atoms with van der Waals surface area (Å²) in [5.74, 6) is 7.02. The Morgan fingerprint density at radius 2 is 1.56 bits per heavy atom. The van der Waals surface area contributed by atoms with Crippen LogP contribution >= 0.6 is 0 Å². The molecule has 1 nitrogen and oxygen atoms in total. The van der Waals surface area contributed by atoms with E-state index in [9.17, 15) is 0 Å². The van der Waals surface area contributed by atoms with Gasteiger partial charge in [-0.05, 0) is 129 Å². The molecule has 0 N–H and O–H groups in total. The number of allylic oxidation sites excluding steroid dienone is 2. The highest BCUT2D eigenvalue weighted by Gasteiger charge is 2.59. The molecule has 6 unspecified atom stereocenters. The van der Waals surface area contributed by atoms with Gasteiger partial charge in [0.15, 0.2) is 8.32 Å². The van der Waals surface area contributed by atoms with E-state index in [0.717, 1.165) is 47.3 Å². The highest BCUT2D eigenvalue weighted by molar-refractivity contribution is 6.69. The zero-order valence-corrected chi connectivity index (χ0v) is 25.3. The van der Waals surface area contributed by atoms with Crippen molar-refractivity contribution in [2.75, 3.05) is 0 Å². The molecule has 0 aliphatic heterocycles. The number of fused-ring (bicyclic) bond motifs is 5. The number of hydrogen-bond donors (Lipinski definition) is 0. The Kier molecular flexibility index (Phi) is 7.93. The van der Waals surface area contributed by atoms with Crippen molar-refractivity contribution in [3.8, 4) is 0 Å². The average molecular weight is 487 g/mol. The molecule has 0 radical (unpaired) electrons. The van der Waals surface area contributed by atoms with E-state index >= 15 is 0 Å². The standard InChI is InChI=1S/C32H58OSi/c1-10-24(22(2)3)12-11-23(4)28-15-16-29-27-14-13-25-21-26(33-34(7,8)9)17-19-31(25,5)30(27)18-20-32(28,29)6/h13-14,22-30H,10-12,15-21H2,1-9H3/t23?,24?,25?,26-,27?,28+,29?,30?,31-,32+/m0/s1. The summed E-state index contributed by atoms with van der Waals surface area (Å²) in [6, 6.07) is 0. The van der Waals surface area contributed by atoms with Crippen LogP contribution in [-0.4, -0.2) is 14.4 Å². The highest BCUT2D eigenvalue weighted by Crippen LogP contribution is 2.67. The van der Waals surface area contributed by atoms with Gasteiger partial charge in [0.05, 0.1) is 0 Å². The molecular formula is C32H58OSi. The van der Waals surface area contributed by atoms with E-state index in [0.29, 0.717) is 16.9 Å². The Morgan fingerprint density at radius 1 is 0.882 bits per heavy atom. The van der Waals surface area contributed by atoms with Crippen LogP contribution < -0.4 is 0 Å². The first kappa shape index (κ1) is 27.0. The van der Waals surface area contributed by atoms with Crippen LogP contribution in [-0.2, 0) is 4.43 Å². The van der Waals surface area contributed by atoms with Crippen LogP contribution in [0.25, 0.3) is 0 Å². The number of rotatable bonds is 8. The molecule has 2 heteroatoms. The lowest BCUT2D eigenvalue weighted by Crippen LogP contribution is -2.53. The molecule has 0 aromatic carbocycles. The largest absolute Gasteiger partial charge is 0.415 e. The van der Waals surface area contributed by atoms with Gasteiger partial charge in [-0.3, -0.25) is 0 Å². The maximum atomic E-state index is 6.60. The normalized spacial score (nSPS) is 43.8. The monoisotopic (exact) mass is 486 g/mol. The zero-order valence-electron chi connectivity index (χ0n) is 24.3. The summed E-state index contributed by atoms with van der Waals surface area (Å²) in [5.41, 5.74) is 1.08. The van der Waals surface area contributed by atoms with Crippen LogP contribution in [0.3, 0.4) is 0 Å². The molecule has 0 heterocycles. The van der Waals surface area contributed by atoms with Crippen molar-refractivity contribution in [1.29, 1.82) is 0 Å². The van der Waals surface area contributed by atoms with E-state index in [2.05, 4.69) is 73.3 Å². The second-order valence-corrected chi connectivity index (χ2v) is 19.6. The molecule has 3 fully saturated rings. The second kappa shape index (κ2) is 10.00. The SMILES string of the molecule is CCC(CCC(C)[C@H]1CCC2C3C=CC4C[C@@H](O[Si](C)(C)C)CC[C@]4(C)C3CC[C@@]21C)C(C)C. The van der Waals surface area contributed by atoms with Gasteiger partial charge in [0.2, 0.25) is 0 Å². The molecule has 4 rings (SSSR count). The maximum absolute atomic E-state index is 6.60. The minimum Gasteiger partial charge on any atom is -0.415 e. The first-order valence-corrected chi connectivity index (χ1v) is 18.7. The molecule has 0 spiro atoms. The Balaban J connectivity index is 1.45. The smallest absolute Gasteiger partial charge is 0.184 e. The topological polar surface area (TPSA) is 9.23 Å². The predicted molar refractivity (Wildman–Crippen MR) is 150 cm³/mol. The fourth-order valence-electron chi connectivity index (χ4n) is 9.85. The fraction of sp³-hybridized carbons (Fsp3) is 0.938. The fourth-order valence-corrected chi connectivity index (χ4v) is 11.1. The van der Waals surface area contributed by atoms with E-state index in [4.69, 9.17) is 4.43 Å². The molecule has 4 aliphatic rings. The van der Waals surface area contributed by atoms with Crippen molar-refractivity contribution in [3.63, 3.8) is 0 Å². The molecule has 0 saturated heterocycles. The molecule has 34 heavy (non-hydrogen) atoms. The summed E-state index contributed by atoms with van der Waals surface area (Å²) < 4.78 is 6.60. The third-order valence-electron chi connectivity index (χ3n) is 11.9. The summed E-state index contributed by atoms with van der Waals surface area (Å²) >= 11 is 0. The van der Waals surface area contributed by atoms with Crippen molar-refractivity contribution in [3.05, 3.63) is 12.2 Å². The summed E-state index contributed by atoms with van der Waals surface area (Å²) in [6.07, 6.45) is 20.1. The molecular weight excluding hydrogens is 428 g/mol. The lowest BCUT2D eigenvalue weighted by Gasteiger charge is -2.59. The molecule has 4 aliphatic carbocycles. The molecule has 0 aromatic rings. The van der Waals surface area contributed by atoms with Crippen LogP contribution in [0.15, 0.2) is 12.2 Å². The quantitative estimate of drug-likeness (QED) is 0.245. The molecule has 3 saturated carbocycles. The van der Waals surface area contributed by atoms with Crippen molar-refractivity contribution in [2.24, 2.45) is 58.2 Å². The van der Waals surface area contributed by atoms with E-state index in [-0.39, 0.29) is 0 Å². The van der Waals surface area contributed by atoms with E-state index in [1.54, 1.807) is 0 Å². The summed E-state index contributed by atoms with van der Waals surface area (Å²) in [5, 5.41) is 0. The first-order valence-electron chi connectivity index (χ1n) is 15.2. The van der Waals surface area contributed by atoms with Crippen LogP contribution in [0.2, 0.25) is 19.6 Å². The molecule has 0 amide bonds.